The van der Waals surface area contributed by atoms with E-state index in [1.54, 1.807) is 0 Å². The van der Waals surface area contributed by atoms with Crippen molar-refractivity contribution in [3.8, 4) is 33.4 Å². The number of anilines is 6. The molecule has 0 fully saturated rings. The normalized spacial score (nSPS) is 14.0. The summed E-state index contributed by atoms with van der Waals surface area (Å²) in [6.07, 6.45) is 0. The molecule has 3 heteroatoms. The average Bonchev–Trinajstić information content (AvgIpc) is 3.89. The van der Waals surface area contributed by atoms with Gasteiger partial charge in [-0.3, -0.25) is 0 Å². The van der Waals surface area contributed by atoms with Crippen molar-refractivity contribution in [2.45, 2.75) is 12.3 Å². The van der Waals surface area contributed by atoms with E-state index in [4.69, 9.17) is 4.42 Å². The van der Waals surface area contributed by atoms with Gasteiger partial charge in [-0.1, -0.05) is 176 Å². The first-order valence-electron chi connectivity index (χ1n) is 22.3. The standard InChI is InChI=1S/C62H44N2O/c1-62(47-23-11-4-12-24-47)55-41-52(63(48-25-13-5-14-26-48)50-35-31-45(32-36-50)43-19-7-2-8-20-43)39-40-53(55)59-56(62)42-57(60-54-29-17-18-30-58(54)65-61(59)60)64(49-27-15-6-16-28-49)51-37-33-46(34-38-51)44-21-9-3-10-22-44/h2-42H,1H3. The summed E-state index contributed by atoms with van der Waals surface area (Å²) in [4.78, 5) is 4.79. The lowest BCUT2D eigenvalue weighted by molar-refractivity contribution is 0.667. The number of benzene rings is 10. The van der Waals surface area contributed by atoms with E-state index in [0.29, 0.717) is 0 Å². The summed E-state index contributed by atoms with van der Waals surface area (Å²) < 4.78 is 7.15. The quantitative estimate of drug-likeness (QED) is 0.144. The van der Waals surface area contributed by atoms with Crippen molar-refractivity contribution in [2.24, 2.45) is 0 Å². The summed E-state index contributed by atoms with van der Waals surface area (Å²) in [5.74, 6) is 0. The molecule has 308 valence electrons. The van der Waals surface area contributed by atoms with Gasteiger partial charge >= 0.3 is 0 Å². The summed E-state index contributed by atoms with van der Waals surface area (Å²) in [7, 11) is 0. The van der Waals surface area contributed by atoms with Gasteiger partial charge in [-0.15, -0.1) is 0 Å². The number of rotatable bonds is 9. The molecule has 0 saturated heterocycles. The second-order valence-corrected chi connectivity index (χ2v) is 17.0. The molecule has 1 aliphatic rings. The second kappa shape index (κ2) is 15.7. The summed E-state index contributed by atoms with van der Waals surface area (Å²) in [6, 6.07) is 89.5. The Bertz CT molecular complexity index is 3460. The van der Waals surface area contributed by atoms with Crippen LogP contribution in [0.2, 0.25) is 0 Å². The number of nitrogens with zero attached hydrogens (tertiary/aromatic N) is 2. The van der Waals surface area contributed by atoms with Crippen molar-refractivity contribution in [3.05, 3.63) is 265 Å². The van der Waals surface area contributed by atoms with Gasteiger partial charge in [0.1, 0.15) is 11.2 Å². The van der Waals surface area contributed by atoms with Crippen LogP contribution < -0.4 is 9.80 Å². The Balaban J connectivity index is 1.10. The molecule has 0 bridgehead atoms. The summed E-state index contributed by atoms with van der Waals surface area (Å²) >= 11 is 0. The minimum absolute atomic E-state index is 0.553. The molecule has 0 amide bonds. The minimum Gasteiger partial charge on any atom is -0.455 e. The number of para-hydroxylation sites is 3. The Hall–Kier alpha value is -8.40. The van der Waals surface area contributed by atoms with Crippen molar-refractivity contribution in [3.63, 3.8) is 0 Å². The van der Waals surface area contributed by atoms with Crippen LogP contribution in [0, 0.1) is 0 Å². The molecular formula is C62H44N2O. The molecule has 3 nitrogen and oxygen atoms in total. The number of hydrogen-bond donors (Lipinski definition) is 0. The first-order valence-corrected chi connectivity index (χ1v) is 22.3. The lowest BCUT2D eigenvalue weighted by Gasteiger charge is -2.32. The fourth-order valence-electron chi connectivity index (χ4n) is 10.1. The zero-order valence-electron chi connectivity index (χ0n) is 36.0. The molecule has 0 radical (unpaired) electrons. The lowest BCUT2D eigenvalue weighted by atomic mass is 9.74. The van der Waals surface area contributed by atoms with Gasteiger partial charge in [0.05, 0.1) is 11.1 Å². The van der Waals surface area contributed by atoms with Gasteiger partial charge in [-0.25, -0.2) is 0 Å². The molecule has 10 aromatic carbocycles. The Morgan fingerprint density at radius 2 is 0.815 bits per heavy atom. The number of hydrogen-bond acceptors (Lipinski definition) is 3. The Morgan fingerprint density at radius 3 is 1.40 bits per heavy atom. The van der Waals surface area contributed by atoms with Crippen LogP contribution in [0.3, 0.4) is 0 Å². The smallest absolute Gasteiger partial charge is 0.145 e. The highest BCUT2D eigenvalue weighted by Gasteiger charge is 2.44. The van der Waals surface area contributed by atoms with E-state index >= 15 is 0 Å². The zero-order chi connectivity index (χ0) is 43.3. The Morgan fingerprint density at radius 1 is 0.369 bits per heavy atom. The van der Waals surface area contributed by atoms with Crippen molar-refractivity contribution in [1.29, 1.82) is 0 Å². The van der Waals surface area contributed by atoms with Crippen LogP contribution in [0.1, 0.15) is 23.6 Å². The maximum Gasteiger partial charge on any atom is 0.145 e. The minimum atomic E-state index is -0.553. The first-order chi connectivity index (χ1) is 32.1. The predicted molar refractivity (Wildman–Crippen MR) is 271 cm³/mol. The third-order valence-electron chi connectivity index (χ3n) is 13.3. The van der Waals surface area contributed by atoms with Gasteiger partial charge < -0.3 is 14.2 Å². The maximum absolute atomic E-state index is 7.15. The van der Waals surface area contributed by atoms with Gasteiger partial charge in [-0.2, -0.15) is 0 Å². The molecule has 0 saturated carbocycles. The van der Waals surface area contributed by atoms with Crippen LogP contribution in [0.5, 0.6) is 0 Å². The molecule has 65 heavy (non-hydrogen) atoms. The molecule has 1 atom stereocenters. The van der Waals surface area contributed by atoms with E-state index in [1.165, 1.54) is 44.5 Å². The van der Waals surface area contributed by atoms with E-state index < -0.39 is 5.41 Å². The van der Waals surface area contributed by atoms with Crippen LogP contribution in [0.4, 0.5) is 34.1 Å². The molecule has 11 aromatic rings. The Kier molecular flexibility index (Phi) is 9.28. The number of fused-ring (bicyclic) bond motifs is 7. The monoisotopic (exact) mass is 832 g/mol. The topological polar surface area (TPSA) is 19.6 Å². The first kappa shape index (κ1) is 38.3. The molecular weight excluding hydrogens is 789 g/mol. The van der Waals surface area contributed by atoms with Gasteiger partial charge in [0.25, 0.3) is 0 Å². The van der Waals surface area contributed by atoms with Crippen molar-refractivity contribution in [1.82, 2.24) is 0 Å². The molecule has 0 N–H and O–H groups in total. The summed E-state index contributed by atoms with van der Waals surface area (Å²) in [6.45, 7) is 2.40. The molecule has 0 aliphatic heterocycles. The molecule has 0 spiro atoms. The average molecular weight is 833 g/mol. The highest BCUT2D eigenvalue weighted by atomic mass is 16.3. The molecule has 1 heterocycles. The van der Waals surface area contributed by atoms with Crippen LogP contribution in [0.15, 0.2) is 253 Å². The van der Waals surface area contributed by atoms with Crippen molar-refractivity contribution in [2.75, 3.05) is 9.80 Å². The zero-order valence-corrected chi connectivity index (χ0v) is 36.0. The fraction of sp³-hybridized carbons (Fsp3) is 0.0323. The molecule has 12 rings (SSSR count). The van der Waals surface area contributed by atoms with Gasteiger partial charge in [-0.05, 0) is 124 Å². The molecule has 1 unspecified atom stereocenters. The van der Waals surface area contributed by atoms with E-state index in [1.807, 2.05) is 0 Å². The third kappa shape index (κ3) is 6.43. The van der Waals surface area contributed by atoms with Crippen LogP contribution in [-0.4, -0.2) is 0 Å². The van der Waals surface area contributed by atoms with Crippen LogP contribution in [-0.2, 0) is 5.41 Å². The summed E-state index contributed by atoms with van der Waals surface area (Å²) in [5.41, 5.74) is 18.4. The SMILES string of the molecule is CC1(c2ccccc2)c2cc(N(c3ccccc3)c3ccc(-c4ccccc4)cc3)ccc2-c2c1cc(N(c1ccccc1)c1ccc(-c3ccccc3)cc1)c1c2oc2ccccc21. The van der Waals surface area contributed by atoms with Crippen molar-refractivity contribution >= 4 is 56.1 Å². The Labute approximate surface area is 379 Å². The second-order valence-electron chi connectivity index (χ2n) is 17.0. The van der Waals surface area contributed by atoms with E-state index in [0.717, 1.165) is 61.6 Å². The highest BCUT2D eigenvalue weighted by Crippen LogP contribution is 2.59. The van der Waals surface area contributed by atoms with E-state index in [9.17, 15) is 0 Å². The number of furan rings is 1. The largest absolute Gasteiger partial charge is 0.455 e. The van der Waals surface area contributed by atoms with E-state index in [-0.39, 0.29) is 0 Å². The van der Waals surface area contributed by atoms with Crippen LogP contribution >= 0.6 is 0 Å². The maximum atomic E-state index is 7.15. The van der Waals surface area contributed by atoms with Gasteiger partial charge in [0, 0.05) is 44.8 Å². The summed E-state index contributed by atoms with van der Waals surface area (Å²) in [5, 5.41) is 2.18. The fourth-order valence-corrected chi connectivity index (χ4v) is 10.1. The van der Waals surface area contributed by atoms with E-state index in [2.05, 4.69) is 265 Å². The predicted octanol–water partition coefficient (Wildman–Crippen LogP) is 17.2. The van der Waals surface area contributed by atoms with Crippen molar-refractivity contribution < 1.29 is 4.42 Å². The molecule has 1 aromatic heterocycles. The van der Waals surface area contributed by atoms with Gasteiger partial charge in [0.15, 0.2) is 0 Å². The van der Waals surface area contributed by atoms with Crippen LogP contribution in [0.25, 0.3) is 55.3 Å². The molecule has 1 aliphatic carbocycles. The third-order valence-corrected chi connectivity index (χ3v) is 13.3. The highest BCUT2D eigenvalue weighted by molar-refractivity contribution is 6.19. The lowest BCUT2D eigenvalue weighted by Crippen LogP contribution is -2.23. The van der Waals surface area contributed by atoms with Gasteiger partial charge in [0.2, 0.25) is 0 Å².